The standard InChI is InChI=1S/C28H30BrN5O3/c1-18-22(20-7-5-6-8-24(20)33(18)17-25(35)32-11-13-37-14-12-32)16-30-34-26(36)21-15-19(29)9-10-23(21)31-27(34)28(2,3)4/h5-10,15-16H,11-14,17H2,1-4H3. The van der Waals surface area contributed by atoms with Crippen molar-refractivity contribution in [3.8, 4) is 0 Å². The van der Waals surface area contributed by atoms with Gasteiger partial charge >= 0.3 is 0 Å². The normalized spacial score (nSPS) is 14.8. The second-order valence-electron chi connectivity index (χ2n) is 10.3. The Morgan fingerprint density at radius 3 is 2.59 bits per heavy atom. The van der Waals surface area contributed by atoms with Crippen LogP contribution in [-0.4, -0.2) is 57.6 Å². The maximum Gasteiger partial charge on any atom is 0.282 e. The molecule has 0 aliphatic carbocycles. The van der Waals surface area contributed by atoms with Gasteiger partial charge in [-0.25, -0.2) is 4.98 Å². The predicted octanol–water partition coefficient (Wildman–Crippen LogP) is 4.46. The summed E-state index contributed by atoms with van der Waals surface area (Å²) in [5.74, 6) is 0.638. The van der Waals surface area contributed by atoms with Crippen molar-refractivity contribution in [1.82, 2.24) is 19.1 Å². The van der Waals surface area contributed by atoms with Crippen LogP contribution in [0.2, 0.25) is 0 Å². The molecule has 0 spiro atoms. The van der Waals surface area contributed by atoms with Crippen LogP contribution >= 0.6 is 15.9 Å². The van der Waals surface area contributed by atoms with Crippen LogP contribution in [0.5, 0.6) is 0 Å². The SMILES string of the molecule is Cc1c(C=Nn2c(C(C)(C)C)nc3ccc(Br)cc3c2=O)c2ccccc2n1CC(=O)N1CCOCC1. The van der Waals surface area contributed by atoms with Crippen molar-refractivity contribution in [2.75, 3.05) is 26.3 Å². The molecule has 8 nitrogen and oxygen atoms in total. The topological polar surface area (TPSA) is 81.7 Å². The van der Waals surface area contributed by atoms with E-state index in [0.29, 0.717) is 43.0 Å². The minimum atomic E-state index is -0.411. The van der Waals surface area contributed by atoms with Crippen LogP contribution in [0.15, 0.2) is 56.8 Å². The number of ether oxygens (including phenoxy) is 1. The largest absolute Gasteiger partial charge is 0.378 e. The molecule has 0 saturated carbocycles. The van der Waals surface area contributed by atoms with Gasteiger partial charge < -0.3 is 14.2 Å². The molecule has 1 aliphatic rings. The van der Waals surface area contributed by atoms with Gasteiger partial charge in [-0.1, -0.05) is 54.9 Å². The summed E-state index contributed by atoms with van der Waals surface area (Å²) in [5.41, 5.74) is 2.73. The number of amides is 1. The zero-order chi connectivity index (χ0) is 26.3. The molecule has 0 atom stereocenters. The van der Waals surface area contributed by atoms with Gasteiger partial charge in [-0.05, 0) is 31.2 Å². The molecule has 0 unspecified atom stereocenters. The summed E-state index contributed by atoms with van der Waals surface area (Å²) in [7, 11) is 0. The second kappa shape index (κ2) is 9.87. The molecular formula is C28H30BrN5O3. The molecule has 1 aliphatic heterocycles. The number of hydrogen-bond donors (Lipinski definition) is 0. The molecule has 9 heteroatoms. The number of nitrogens with zero attached hydrogens (tertiary/aromatic N) is 5. The molecule has 1 amide bonds. The van der Waals surface area contributed by atoms with E-state index in [9.17, 15) is 9.59 Å². The lowest BCUT2D eigenvalue weighted by atomic mass is 9.95. The fourth-order valence-corrected chi connectivity index (χ4v) is 5.09. The van der Waals surface area contributed by atoms with Gasteiger partial charge in [0.2, 0.25) is 5.91 Å². The minimum absolute atomic E-state index is 0.0613. The van der Waals surface area contributed by atoms with Crippen molar-refractivity contribution in [3.63, 3.8) is 0 Å². The molecule has 37 heavy (non-hydrogen) atoms. The summed E-state index contributed by atoms with van der Waals surface area (Å²) in [6, 6.07) is 13.5. The molecule has 192 valence electrons. The highest BCUT2D eigenvalue weighted by atomic mass is 79.9. The lowest BCUT2D eigenvalue weighted by Crippen LogP contribution is -2.42. The van der Waals surface area contributed by atoms with Crippen molar-refractivity contribution in [1.29, 1.82) is 0 Å². The molecule has 1 saturated heterocycles. The summed E-state index contributed by atoms with van der Waals surface area (Å²) in [6.07, 6.45) is 1.72. The van der Waals surface area contributed by atoms with Crippen molar-refractivity contribution < 1.29 is 9.53 Å². The molecule has 0 bridgehead atoms. The highest BCUT2D eigenvalue weighted by Gasteiger charge is 2.24. The number of fused-ring (bicyclic) bond motifs is 2. The molecule has 0 N–H and O–H groups in total. The first kappa shape index (κ1) is 25.4. The molecule has 0 radical (unpaired) electrons. The zero-order valence-corrected chi connectivity index (χ0v) is 23.1. The Morgan fingerprint density at radius 2 is 1.86 bits per heavy atom. The number of para-hydroxylation sites is 1. The van der Waals surface area contributed by atoms with Crippen molar-refractivity contribution >= 4 is 49.9 Å². The number of rotatable bonds is 4. The summed E-state index contributed by atoms with van der Waals surface area (Å²) in [5, 5.41) is 6.16. The number of hydrogen-bond acceptors (Lipinski definition) is 5. The van der Waals surface area contributed by atoms with Gasteiger partial charge in [0.25, 0.3) is 5.56 Å². The van der Waals surface area contributed by atoms with Gasteiger partial charge in [-0.15, -0.1) is 0 Å². The maximum absolute atomic E-state index is 13.6. The predicted molar refractivity (Wildman–Crippen MR) is 149 cm³/mol. The Labute approximate surface area is 223 Å². The zero-order valence-electron chi connectivity index (χ0n) is 21.5. The average molecular weight is 564 g/mol. The smallest absolute Gasteiger partial charge is 0.282 e. The third kappa shape index (κ3) is 4.85. The molecule has 2 aromatic carbocycles. The average Bonchev–Trinajstić information content (AvgIpc) is 3.14. The third-order valence-electron chi connectivity index (χ3n) is 6.72. The van der Waals surface area contributed by atoms with E-state index in [-0.39, 0.29) is 18.0 Å². The van der Waals surface area contributed by atoms with Gasteiger partial charge in [-0.3, -0.25) is 9.59 Å². The Bertz CT molecular complexity index is 1590. The van der Waals surface area contributed by atoms with Gasteiger partial charge in [0.05, 0.1) is 30.3 Å². The van der Waals surface area contributed by atoms with Crippen LogP contribution in [0.4, 0.5) is 0 Å². The third-order valence-corrected chi connectivity index (χ3v) is 7.21. The van der Waals surface area contributed by atoms with Crippen molar-refractivity contribution in [2.45, 2.75) is 39.7 Å². The summed E-state index contributed by atoms with van der Waals surface area (Å²) < 4.78 is 9.63. The van der Waals surface area contributed by atoms with Crippen LogP contribution in [0.25, 0.3) is 21.8 Å². The fraction of sp³-hybridized carbons (Fsp3) is 0.357. The quantitative estimate of drug-likeness (QED) is 0.343. The number of carbonyl (C=O) groups is 1. The van der Waals surface area contributed by atoms with E-state index in [4.69, 9.17) is 14.8 Å². The first-order valence-electron chi connectivity index (χ1n) is 12.4. The van der Waals surface area contributed by atoms with Crippen LogP contribution in [0.3, 0.4) is 0 Å². The summed E-state index contributed by atoms with van der Waals surface area (Å²) >= 11 is 3.46. The Kier molecular flexibility index (Phi) is 6.76. The molecule has 1 fully saturated rings. The molecule has 3 heterocycles. The van der Waals surface area contributed by atoms with Crippen LogP contribution in [-0.2, 0) is 21.5 Å². The molecule has 4 aromatic rings. The van der Waals surface area contributed by atoms with Crippen LogP contribution in [0.1, 0.15) is 37.9 Å². The van der Waals surface area contributed by atoms with Crippen molar-refractivity contribution in [2.24, 2.45) is 5.10 Å². The van der Waals surface area contributed by atoms with E-state index in [1.54, 1.807) is 12.3 Å². The minimum Gasteiger partial charge on any atom is -0.378 e. The number of halogens is 1. The Hall–Kier alpha value is -3.30. The fourth-order valence-electron chi connectivity index (χ4n) is 4.73. The first-order chi connectivity index (χ1) is 17.6. The number of benzene rings is 2. The van der Waals surface area contributed by atoms with Gasteiger partial charge in [0.15, 0.2) is 0 Å². The maximum atomic E-state index is 13.6. The highest BCUT2D eigenvalue weighted by molar-refractivity contribution is 9.10. The van der Waals surface area contributed by atoms with E-state index in [1.165, 1.54) is 4.68 Å². The Morgan fingerprint density at radius 1 is 1.14 bits per heavy atom. The summed E-state index contributed by atoms with van der Waals surface area (Å²) in [6.45, 7) is 10.6. The van der Waals surface area contributed by atoms with Crippen molar-refractivity contribution in [3.05, 3.63) is 74.4 Å². The number of morpholine rings is 1. The number of aromatic nitrogens is 3. The lowest BCUT2D eigenvalue weighted by molar-refractivity contribution is -0.135. The first-order valence-corrected chi connectivity index (χ1v) is 13.1. The lowest BCUT2D eigenvalue weighted by Gasteiger charge is -2.27. The van der Waals surface area contributed by atoms with Crippen LogP contribution in [0, 0.1) is 6.92 Å². The second-order valence-corrected chi connectivity index (χ2v) is 11.2. The number of carbonyl (C=O) groups excluding carboxylic acids is 1. The highest BCUT2D eigenvalue weighted by Crippen LogP contribution is 2.26. The van der Waals surface area contributed by atoms with Crippen LogP contribution < -0.4 is 5.56 Å². The summed E-state index contributed by atoms with van der Waals surface area (Å²) in [4.78, 5) is 33.3. The monoisotopic (exact) mass is 563 g/mol. The molecule has 2 aromatic heterocycles. The molecule has 5 rings (SSSR count). The van der Waals surface area contributed by atoms with Gasteiger partial charge in [0.1, 0.15) is 12.4 Å². The van der Waals surface area contributed by atoms with E-state index in [2.05, 4.69) is 15.9 Å². The van der Waals surface area contributed by atoms with E-state index >= 15 is 0 Å². The Balaban J connectivity index is 1.61. The van der Waals surface area contributed by atoms with E-state index in [0.717, 1.165) is 26.6 Å². The van der Waals surface area contributed by atoms with E-state index in [1.807, 2.05) is 73.6 Å². The van der Waals surface area contributed by atoms with E-state index < -0.39 is 5.41 Å². The van der Waals surface area contributed by atoms with Gasteiger partial charge in [-0.2, -0.15) is 9.78 Å². The van der Waals surface area contributed by atoms with Gasteiger partial charge in [0, 0.05) is 45.1 Å². The molecular weight excluding hydrogens is 534 g/mol.